The van der Waals surface area contributed by atoms with Gasteiger partial charge in [-0.1, -0.05) is 18.2 Å². The van der Waals surface area contributed by atoms with Gasteiger partial charge >= 0.3 is 0 Å². The third-order valence-corrected chi connectivity index (χ3v) is 3.81. The van der Waals surface area contributed by atoms with Gasteiger partial charge in [0.15, 0.2) is 0 Å². The number of nitrogen functional groups attached to an aromatic ring is 1. The SMILES string of the molecule is CCn1c(C2CC2)nc(-c2cccc(COC)c2)c1N. The standard InChI is InChI=1S/C16H21N3O/c1-3-19-15(17)14(18-16(19)12-7-8-12)13-6-4-5-11(9-13)10-20-2/h4-6,9,12H,3,7-8,10,17H2,1-2H3. The summed E-state index contributed by atoms with van der Waals surface area (Å²) in [5.74, 6) is 2.54. The van der Waals surface area contributed by atoms with Crippen LogP contribution in [0.25, 0.3) is 11.3 Å². The van der Waals surface area contributed by atoms with E-state index in [-0.39, 0.29) is 0 Å². The maximum atomic E-state index is 6.31. The Balaban J connectivity index is 2.03. The third kappa shape index (κ3) is 2.31. The first kappa shape index (κ1) is 13.2. The van der Waals surface area contributed by atoms with Crippen LogP contribution < -0.4 is 5.73 Å². The average Bonchev–Trinajstić information content (AvgIpc) is 3.23. The summed E-state index contributed by atoms with van der Waals surface area (Å²) in [5.41, 5.74) is 9.43. The molecule has 1 heterocycles. The van der Waals surface area contributed by atoms with Crippen LogP contribution in [0, 0.1) is 0 Å². The highest BCUT2D eigenvalue weighted by atomic mass is 16.5. The van der Waals surface area contributed by atoms with E-state index in [0.29, 0.717) is 12.5 Å². The van der Waals surface area contributed by atoms with Gasteiger partial charge in [0.05, 0.1) is 6.61 Å². The molecule has 1 saturated carbocycles. The van der Waals surface area contributed by atoms with E-state index in [0.717, 1.165) is 35.0 Å². The summed E-state index contributed by atoms with van der Waals surface area (Å²) in [6.45, 7) is 3.61. The molecule has 1 fully saturated rings. The minimum Gasteiger partial charge on any atom is -0.383 e. The van der Waals surface area contributed by atoms with E-state index in [9.17, 15) is 0 Å². The molecule has 0 atom stereocenters. The second-order valence-corrected chi connectivity index (χ2v) is 5.36. The van der Waals surface area contributed by atoms with Crippen LogP contribution in [0.4, 0.5) is 5.82 Å². The van der Waals surface area contributed by atoms with E-state index >= 15 is 0 Å². The maximum absolute atomic E-state index is 6.31. The quantitative estimate of drug-likeness (QED) is 0.908. The van der Waals surface area contributed by atoms with Crippen molar-refractivity contribution in [2.45, 2.75) is 38.8 Å². The Labute approximate surface area is 119 Å². The smallest absolute Gasteiger partial charge is 0.131 e. The summed E-state index contributed by atoms with van der Waals surface area (Å²) >= 11 is 0. The van der Waals surface area contributed by atoms with Crippen molar-refractivity contribution in [1.82, 2.24) is 9.55 Å². The Morgan fingerprint density at radius 2 is 2.20 bits per heavy atom. The minimum absolute atomic E-state index is 0.605. The number of ether oxygens (including phenoxy) is 1. The lowest BCUT2D eigenvalue weighted by atomic mass is 10.1. The van der Waals surface area contributed by atoms with Crippen LogP contribution in [-0.4, -0.2) is 16.7 Å². The van der Waals surface area contributed by atoms with Crippen molar-refractivity contribution in [2.75, 3.05) is 12.8 Å². The zero-order chi connectivity index (χ0) is 14.1. The Morgan fingerprint density at radius 3 is 2.85 bits per heavy atom. The molecule has 3 rings (SSSR count). The molecule has 2 aromatic rings. The molecule has 106 valence electrons. The van der Waals surface area contributed by atoms with Crippen molar-refractivity contribution in [3.63, 3.8) is 0 Å². The van der Waals surface area contributed by atoms with Gasteiger partial charge in [0.25, 0.3) is 0 Å². The Morgan fingerprint density at radius 1 is 1.40 bits per heavy atom. The molecule has 4 nitrogen and oxygen atoms in total. The number of nitrogens with two attached hydrogens (primary N) is 1. The van der Waals surface area contributed by atoms with E-state index in [1.165, 1.54) is 12.8 Å². The number of aromatic nitrogens is 2. The Bertz CT molecular complexity index is 614. The normalized spacial score (nSPS) is 14.7. The lowest BCUT2D eigenvalue weighted by Crippen LogP contribution is -2.04. The summed E-state index contributed by atoms with van der Waals surface area (Å²) in [5, 5.41) is 0. The molecular weight excluding hydrogens is 250 g/mol. The molecule has 0 saturated heterocycles. The second-order valence-electron chi connectivity index (χ2n) is 5.36. The zero-order valence-corrected chi connectivity index (χ0v) is 12.1. The number of rotatable bonds is 5. The number of nitrogens with zero attached hydrogens (tertiary/aromatic N) is 2. The van der Waals surface area contributed by atoms with Crippen molar-refractivity contribution in [2.24, 2.45) is 0 Å². The number of hydrogen-bond acceptors (Lipinski definition) is 3. The largest absolute Gasteiger partial charge is 0.383 e. The monoisotopic (exact) mass is 271 g/mol. The second kappa shape index (κ2) is 5.29. The van der Waals surface area contributed by atoms with Crippen LogP contribution in [0.2, 0.25) is 0 Å². The lowest BCUT2D eigenvalue weighted by molar-refractivity contribution is 0.185. The van der Waals surface area contributed by atoms with Crippen molar-refractivity contribution < 1.29 is 4.74 Å². The summed E-state index contributed by atoms with van der Waals surface area (Å²) < 4.78 is 7.34. The van der Waals surface area contributed by atoms with Gasteiger partial charge < -0.3 is 15.0 Å². The molecule has 1 aliphatic carbocycles. The topological polar surface area (TPSA) is 53.1 Å². The van der Waals surface area contributed by atoms with Gasteiger partial charge in [-0.25, -0.2) is 4.98 Å². The fraction of sp³-hybridized carbons (Fsp3) is 0.438. The molecule has 0 spiro atoms. The van der Waals surface area contributed by atoms with Crippen LogP contribution in [0.3, 0.4) is 0 Å². The highest BCUT2D eigenvalue weighted by Gasteiger charge is 2.30. The molecule has 0 unspecified atom stereocenters. The minimum atomic E-state index is 0.605. The number of anilines is 1. The van der Waals surface area contributed by atoms with Crippen LogP contribution >= 0.6 is 0 Å². The van der Waals surface area contributed by atoms with Gasteiger partial charge in [-0.15, -0.1) is 0 Å². The highest BCUT2D eigenvalue weighted by Crippen LogP contribution is 2.42. The van der Waals surface area contributed by atoms with Crippen LogP contribution in [0.15, 0.2) is 24.3 Å². The molecule has 0 aliphatic heterocycles. The van der Waals surface area contributed by atoms with E-state index in [1.807, 2.05) is 6.07 Å². The summed E-state index contributed by atoms with van der Waals surface area (Å²) in [4.78, 5) is 4.81. The fourth-order valence-electron chi connectivity index (χ4n) is 2.66. The van der Waals surface area contributed by atoms with Gasteiger partial charge in [0.2, 0.25) is 0 Å². The third-order valence-electron chi connectivity index (χ3n) is 3.81. The molecule has 2 N–H and O–H groups in total. The number of imidazole rings is 1. The van der Waals surface area contributed by atoms with E-state index in [2.05, 4.69) is 29.7 Å². The van der Waals surface area contributed by atoms with Gasteiger partial charge in [0, 0.05) is 25.1 Å². The molecule has 1 aromatic heterocycles. The average molecular weight is 271 g/mol. The molecular formula is C16H21N3O. The molecule has 20 heavy (non-hydrogen) atoms. The molecule has 0 bridgehead atoms. The number of benzene rings is 1. The van der Waals surface area contributed by atoms with Gasteiger partial charge in [0.1, 0.15) is 17.3 Å². The molecule has 1 aliphatic rings. The maximum Gasteiger partial charge on any atom is 0.131 e. The first-order valence-electron chi connectivity index (χ1n) is 7.18. The summed E-state index contributed by atoms with van der Waals surface area (Å²) in [6, 6.07) is 8.26. The van der Waals surface area contributed by atoms with Crippen molar-refractivity contribution >= 4 is 5.82 Å². The number of methoxy groups -OCH3 is 1. The Hall–Kier alpha value is -1.81. The van der Waals surface area contributed by atoms with E-state index in [1.54, 1.807) is 7.11 Å². The number of hydrogen-bond donors (Lipinski definition) is 1. The first-order chi connectivity index (χ1) is 9.74. The van der Waals surface area contributed by atoms with Crippen LogP contribution in [0.5, 0.6) is 0 Å². The van der Waals surface area contributed by atoms with Crippen molar-refractivity contribution in [3.05, 3.63) is 35.7 Å². The van der Waals surface area contributed by atoms with Crippen molar-refractivity contribution in [1.29, 1.82) is 0 Å². The van der Waals surface area contributed by atoms with Crippen LogP contribution in [-0.2, 0) is 17.9 Å². The Kier molecular flexibility index (Phi) is 3.49. The van der Waals surface area contributed by atoms with E-state index in [4.69, 9.17) is 15.5 Å². The van der Waals surface area contributed by atoms with Gasteiger partial charge in [-0.3, -0.25) is 0 Å². The van der Waals surface area contributed by atoms with Gasteiger partial charge in [-0.2, -0.15) is 0 Å². The predicted octanol–water partition coefficient (Wildman–Crippen LogP) is 3.18. The summed E-state index contributed by atoms with van der Waals surface area (Å²) in [6.07, 6.45) is 2.47. The predicted molar refractivity (Wildman–Crippen MR) is 80.4 cm³/mol. The van der Waals surface area contributed by atoms with Crippen LogP contribution in [0.1, 0.15) is 37.1 Å². The molecule has 0 amide bonds. The lowest BCUT2D eigenvalue weighted by Gasteiger charge is -2.06. The highest BCUT2D eigenvalue weighted by molar-refractivity contribution is 5.71. The molecule has 1 aromatic carbocycles. The molecule has 0 radical (unpaired) electrons. The fourth-order valence-corrected chi connectivity index (χ4v) is 2.66. The molecule has 4 heteroatoms. The first-order valence-corrected chi connectivity index (χ1v) is 7.18. The summed E-state index contributed by atoms with van der Waals surface area (Å²) in [7, 11) is 1.71. The van der Waals surface area contributed by atoms with Gasteiger partial charge in [-0.05, 0) is 31.4 Å². The van der Waals surface area contributed by atoms with E-state index < -0.39 is 0 Å². The van der Waals surface area contributed by atoms with Crippen molar-refractivity contribution in [3.8, 4) is 11.3 Å². The zero-order valence-electron chi connectivity index (χ0n) is 12.1.